The maximum atomic E-state index is 12.8. The second-order valence-corrected chi connectivity index (χ2v) is 7.91. The Bertz CT molecular complexity index is 1180. The Hall–Kier alpha value is -3.24. The van der Waals surface area contributed by atoms with Crippen LogP contribution in [0.1, 0.15) is 16.1 Å². The quantitative estimate of drug-likeness (QED) is 0.403. The molecule has 0 bridgehead atoms. The summed E-state index contributed by atoms with van der Waals surface area (Å²) in [4.78, 5) is 17.6. The van der Waals surface area contributed by atoms with Gasteiger partial charge in [0.15, 0.2) is 5.76 Å². The van der Waals surface area contributed by atoms with Gasteiger partial charge in [0, 0.05) is 53.5 Å². The predicted molar refractivity (Wildman–Crippen MR) is 122 cm³/mol. The van der Waals surface area contributed by atoms with Crippen LogP contribution in [0.3, 0.4) is 0 Å². The number of furan rings is 1. The smallest absolute Gasteiger partial charge is 0.228 e. The lowest BCUT2D eigenvalue weighted by molar-refractivity contribution is 0.101. The molecule has 1 saturated heterocycles. The number of carbonyl (C=O) groups is 1. The molecule has 2 heterocycles. The summed E-state index contributed by atoms with van der Waals surface area (Å²) in [6, 6.07) is 25.4. The first-order valence-corrected chi connectivity index (χ1v) is 10.4. The van der Waals surface area contributed by atoms with Gasteiger partial charge in [0.25, 0.3) is 0 Å². The van der Waals surface area contributed by atoms with Crippen LogP contribution >= 0.6 is 11.6 Å². The molecule has 1 aliphatic heterocycles. The SMILES string of the molecule is O=C(c1ccc(N2CCN(c3ccccc3)CC2)cc1)c1cc2cc(Cl)ccc2o1. The molecule has 1 aliphatic rings. The minimum Gasteiger partial charge on any atom is -0.453 e. The first-order valence-electron chi connectivity index (χ1n) is 10.1. The van der Waals surface area contributed by atoms with E-state index in [9.17, 15) is 4.79 Å². The molecule has 0 spiro atoms. The summed E-state index contributed by atoms with van der Waals surface area (Å²) in [5.74, 6) is 0.208. The summed E-state index contributed by atoms with van der Waals surface area (Å²) in [5, 5.41) is 1.46. The molecule has 30 heavy (non-hydrogen) atoms. The molecule has 0 amide bonds. The molecule has 0 atom stereocenters. The van der Waals surface area contributed by atoms with Crippen molar-refractivity contribution in [2.75, 3.05) is 36.0 Å². The first-order chi connectivity index (χ1) is 14.7. The standard InChI is InChI=1S/C25H21ClN2O2/c26-20-8-11-23-19(16-20)17-24(30-23)25(29)18-6-9-22(10-7-18)28-14-12-27(13-15-28)21-4-2-1-3-5-21/h1-11,16-17H,12-15H2. The van der Waals surface area contributed by atoms with Gasteiger partial charge in [-0.3, -0.25) is 4.79 Å². The number of anilines is 2. The average molecular weight is 417 g/mol. The van der Waals surface area contributed by atoms with E-state index in [4.69, 9.17) is 16.0 Å². The average Bonchev–Trinajstić information content (AvgIpc) is 3.23. The summed E-state index contributed by atoms with van der Waals surface area (Å²) >= 11 is 6.03. The Kier molecular flexibility index (Phi) is 4.93. The second-order valence-electron chi connectivity index (χ2n) is 7.48. The zero-order valence-corrected chi connectivity index (χ0v) is 17.2. The molecule has 0 aliphatic carbocycles. The van der Waals surface area contributed by atoms with Gasteiger partial charge in [0.05, 0.1) is 0 Å². The number of hydrogen-bond acceptors (Lipinski definition) is 4. The molecular weight excluding hydrogens is 396 g/mol. The summed E-state index contributed by atoms with van der Waals surface area (Å²) in [6.07, 6.45) is 0. The van der Waals surface area contributed by atoms with E-state index in [1.165, 1.54) is 5.69 Å². The fourth-order valence-electron chi connectivity index (χ4n) is 3.95. The summed E-state index contributed by atoms with van der Waals surface area (Å²) in [5.41, 5.74) is 3.68. The highest BCUT2D eigenvalue weighted by Crippen LogP contribution is 2.26. The summed E-state index contributed by atoms with van der Waals surface area (Å²) < 4.78 is 5.72. The molecule has 150 valence electrons. The van der Waals surface area contributed by atoms with Crippen molar-refractivity contribution in [1.29, 1.82) is 0 Å². The van der Waals surface area contributed by atoms with Crippen molar-refractivity contribution in [3.05, 3.63) is 95.2 Å². The number of hydrogen-bond donors (Lipinski definition) is 0. The van der Waals surface area contributed by atoms with Crippen LogP contribution in [0, 0.1) is 0 Å². The van der Waals surface area contributed by atoms with Gasteiger partial charge in [-0.05, 0) is 60.7 Å². The Morgan fingerprint density at radius 2 is 1.40 bits per heavy atom. The van der Waals surface area contributed by atoms with E-state index in [1.807, 2.05) is 30.3 Å². The number of nitrogens with zero attached hydrogens (tertiary/aromatic N) is 2. The van der Waals surface area contributed by atoms with Crippen molar-refractivity contribution in [2.24, 2.45) is 0 Å². The molecule has 0 saturated carbocycles. The van der Waals surface area contributed by atoms with Gasteiger partial charge in [-0.25, -0.2) is 0 Å². The Labute approximate surface area is 180 Å². The van der Waals surface area contributed by atoms with Crippen LogP contribution in [-0.4, -0.2) is 32.0 Å². The van der Waals surface area contributed by atoms with Crippen LogP contribution in [0.15, 0.2) is 83.3 Å². The topological polar surface area (TPSA) is 36.7 Å². The third-order valence-corrected chi connectivity index (χ3v) is 5.83. The molecule has 1 fully saturated rings. The molecule has 1 aromatic heterocycles. The molecule has 5 rings (SSSR count). The lowest BCUT2D eigenvalue weighted by Crippen LogP contribution is -2.46. The monoisotopic (exact) mass is 416 g/mol. The van der Waals surface area contributed by atoms with Crippen LogP contribution < -0.4 is 9.80 Å². The van der Waals surface area contributed by atoms with Crippen molar-refractivity contribution in [3.63, 3.8) is 0 Å². The maximum Gasteiger partial charge on any atom is 0.228 e. The fourth-order valence-corrected chi connectivity index (χ4v) is 4.13. The van der Waals surface area contributed by atoms with Gasteiger partial charge >= 0.3 is 0 Å². The van der Waals surface area contributed by atoms with Crippen molar-refractivity contribution in [1.82, 2.24) is 0 Å². The van der Waals surface area contributed by atoms with E-state index in [1.54, 1.807) is 24.3 Å². The van der Waals surface area contributed by atoms with Gasteiger partial charge in [-0.1, -0.05) is 29.8 Å². The number of carbonyl (C=O) groups excluding carboxylic acids is 1. The normalized spacial score (nSPS) is 14.3. The number of halogens is 1. The van der Waals surface area contributed by atoms with Crippen molar-refractivity contribution < 1.29 is 9.21 Å². The van der Waals surface area contributed by atoms with Crippen molar-refractivity contribution >= 4 is 39.7 Å². The Morgan fingerprint density at radius 3 is 2.07 bits per heavy atom. The molecule has 0 N–H and O–H groups in total. The molecule has 4 nitrogen and oxygen atoms in total. The number of para-hydroxylation sites is 1. The third kappa shape index (κ3) is 3.66. The lowest BCUT2D eigenvalue weighted by atomic mass is 10.1. The third-order valence-electron chi connectivity index (χ3n) is 5.60. The summed E-state index contributed by atoms with van der Waals surface area (Å²) in [7, 11) is 0. The highest BCUT2D eigenvalue weighted by molar-refractivity contribution is 6.31. The van der Waals surface area contributed by atoms with Crippen LogP contribution in [-0.2, 0) is 0 Å². The summed E-state index contributed by atoms with van der Waals surface area (Å²) in [6.45, 7) is 3.86. The van der Waals surface area contributed by atoms with Gasteiger partial charge < -0.3 is 14.2 Å². The second kappa shape index (κ2) is 7.88. The first kappa shape index (κ1) is 18.8. The van der Waals surface area contributed by atoms with Gasteiger partial charge in [0.2, 0.25) is 5.78 Å². The van der Waals surface area contributed by atoms with Gasteiger partial charge in [-0.15, -0.1) is 0 Å². The van der Waals surface area contributed by atoms with Crippen molar-refractivity contribution in [3.8, 4) is 0 Å². The molecule has 0 radical (unpaired) electrons. The van der Waals surface area contributed by atoms with E-state index in [0.29, 0.717) is 21.9 Å². The molecule has 0 unspecified atom stereocenters. The molecular formula is C25H21ClN2O2. The Balaban J connectivity index is 1.28. The van der Waals surface area contributed by atoms with E-state index < -0.39 is 0 Å². The van der Waals surface area contributed by atoms with Crippen molar-refractivity contribution in [2.45, 2.75) is 0 Å². The number of rotatable bonds is 4. The van der Waals surface area contributed by atoms with E-state index >= 15 is 0 Å². The fraction of sp³-hybridized carbons (Fsp3) is 0.160. The number of fused-ring (bicyclic) bond motifs is 1. The highest BCUT2D eigenvalue weighted by atomic mass is 35.5. The van der Waals surface area contributed by atoms with Crippen LogP contribution in [0.25, 0.3) is 11.0 Å². The zero-order chi connectivity index (χ0) is 20.5. The minimum atomic E-state index is -0.122. The number of benzene rings is 3. The number of piperazine rings is 1. The molecule has 3 aromatic carbocycles. The van der Waals surface area contributed by atoms with Gasteiger partial charge in [0.1, 0.15) is 5.58 Å². The maximum absolute atomic E-state index is 12.8. The van der Waals surface area contributed by atoms with Crippen LogP contribution in [0.4, 0.5) is 11.4 Å². The Morgan fingerprint density at radius 1 is 0.767 bits per heavy atom. The predicted octanol–water partition coefficient (Wildman–Crippen LogP) is 5.64. The molecule has 4 aromatic rings. The molecule has 5 heteroatoms. The number of ketones is 1. The van der Waals surface area contributed by atoms with Crippen LogP contribution in [0.5, 0.6) is 0 Å². The van der Waals surface area contributed by atoms with E-state index in [2.05, 4.69) is 34.1 Å². The minimum absolute atomic E-state index is 0.122. The highest BCUT2D eigenvalue weighted by Gasteiger charge is 2.19. The lowest BCUT2D eigenvalue weighted by Gasteiger charge is -2.37. The zero-order valence-electron chi connectivity index (χ0n) is 16.4. The van der Waals surface area contributed by atoms with E-state index in [0.717, 1.165) is 37.3 Å². The van der Waals surface area contributed by atoms with Crippen LogP contribution in [0.2, 0.25) is 5.02 Å². The largest absolute Gasteiger partial charge is 0.453 e. The van der Waals surface area contributed by atoms with E-state index in [-0.39, 0.29) is 5.78 Å². The van der Waals surface area contributed by atoms with Gasteiger partial charge in [-0.2, -0.15) is 0 Å².